The second kappa shape index (κ2) is 8.52. The van der Waals surface area contributed by atoms with Crippen LogP contribution in [0, 0.1) is 5.82 Å². The van der Waals surface area contributed by atoms with Gasteiger partial charge in [-0.15, -0.1) is 10.2 Å². The SMILES string of the molecule is COc1ccc(C(=O)N2CC(F)(F)C[C@H]2c2nncn2Cc2ccc(F)cc2)c(OC)c1. The van der Waals surface area contributed by atoms with E-state index in [-0.39, 0.29) is 29.5 Å². The zero-order valence-electron chi connectivity index (χ0n) is 17.5. The Bertz CT molecular complexity index is 1120. The molecule has 1 aliphatic rings. The van der Waals surface area contributed by atoms with Crippen LogP contribution in [0.5, 0.6) is 11.5 Å². The Morgan fingerprint density at radius 3 is 2.59 bits per heavy atom. The summed E-state index contributed by atoms with van der Waals surface area (Å²) in [5.41, 5.74) is 0.882. The van der Waals surface area contributed by atoms with Gasteiger partial charge in [0.15, 0.2) is 5.82 Å². The third-order valence-electron chi connectivity index (χ3n) is 5.38. The maximum Gasteiger partial charge on any atom is 0.267 e. The summed E-state index contributed by atoms with van der Waals surface area (Å²) in [6, 6.07) is 9.39. The molecule has 1 fully saturated rings. The number of ether oxygens (including phenoxy) is 2. The van der Waals surface area contributed by atoms with Crippen LogP contribution in [0.25, 0.3) is 0 Å². The van der Waals surface area contributed by atoms with Crippen LogP contribution in [0.15, 0.2) is 48.8 Å². The van der Waals surface area contributed by atoms with Crippen molar-refractivity contribution >= 4 is 5.91 Å². The molecule has 0 saturated carbocycles. The second-order valence-corrected chi connectivity index (χ2v) is 7.52. The van der Waals surface area contributed by atoms with E-state index >= 15 is 0 Å². The van der Waals surface area contributed by atoms with Gasteiger partial charge in [-0.2, -0.15) is 0 Å². The first-order valence-electron chi connectivity index (χ1n) is 9.84. The molecule has 0 unspecified atom stereocenters. The van der Waals surface area contributed by atoms with Crippen molar-refractivity contribution in [2.24, 2.45) is 0 Å². The van der Waals surface area contributed by atoms with E-state index in [2.05, 4.69) is 10.2 Å². The first-order valence-corrected chi connectivity index (χ1v) is 9.84. The molecule has 10 heteroatoms. The van der Waals surface area contributed by atoms with E-state index in [1.165, 1.54) is 44.8 Å². The predicted molar refractivity (Wildman–Crippen MR) is 108 cm³/mol. The van der Waals surface area contributed by atoms with Crippen molar-refractivity contribution in [2.75, 3.05) is 20.8 Å². The molecule has 4 rings (SSSR count). The Morgan fingerprint density at radius 1 is 1.16 bits per heavy atom. The lowest BCUT2D eigenvalue weighted by molar-refractivity contribution is 0.0117. The fraction of sp³-hybridized carbons (Fsp3) is 0.318. The zero-order chi connectivity index (χ0) is 22.9. The Balaban J connectivity index is 1.66. The van der Waals surface area contributed by atoms with E-state index in [0.29, 0.717) is 5.75 Å². The topological polar surface area (TPSA) is 69.5 Å². The number of hydrogen-bond donors (Lipinski definition) is 0. The van der Waals surface area contributed by atoms with Gasteiger partial charge in [-0.1, -0.05) is 12.1 Å². The van der Waals surface area contributed by atoms with Crippen LogP contribution in [-0.4, -0.2) is 52.3 Å². The summed E-state index contributed by atoms with van der Waals surface area (Å²) in [6.07, 6.45) is 0.824. The van der Waals surface area contributed by atoms with E-state index < -0.39 is 30.8 Å². The third-order valence-corrected chi connectivity index (χ3v) is 5.38. The molecule has 1 aromatic heterocycles. The van der Waals surface area contributed by atoms with Crippen molar-refractivity contribution in [1.82, 2.24) is 19.7 Å². The standard InChI is InChI=1S/C22H21F3N4O3/c1-31-16-7-8-17(19(9-16)32-2)21(30)29-12-22(24,25)10-18(29)20-27-26-13-28(20)11-14-3-5-15(23)6-4-14/h3-9,13,18H,10-12H2,1-2H3/t18-/m0/s1. The smallest absolute Gasteiger partial charge is 0.267 e. The summed E-state index contributed by atoms with van der Waals surface area (Å²) in [4.78, 5) is 14.4. The first kappa shape index (κ1) is 21.7. The molecule has 0 radical (unpaired) electrons. The minimum absolute atomic E-state index is 0.139. The minimum Gasteiger partial charge on any atom is -0.497 e. The molecule has 7 nitrogen and oxygen atoms in total. The lowest BCUT2D eigenvalue weighted by Crippen LogP contribution is -2.34. The van der Waals surface area contributed by atoms with Gasteiger partial charge in [-0.05, 0) is 29.8 Å². The summed E-state index contributed by atoms with van der Waals surface area (Å²) in [7, 11) is 2.86. The lowest BCUT2D eigenvalue weighted by atomic mass is 10.1. The van der Waals surface area contributed by atoms with E-state index in [1.807, 2.05) is 0 Å². The summed E-state index contributed by atoms with van der Waals surface area (Å²) in [6.45, 7) is -0.506. The molecule has 1 atom stereocenters. The number of amides is 1. The summed E-state index contributed by atoms with van der Waals surface area (Å²) < 4.78 is 54.2. The van der Waals surface area contributed by atoms with Crippen molar-refractivity contribution in [3.63, 3.8) is 0 Å². The molecule has 2 aromatic carbocycles. The molecule has 0 bridgehead atoms. The molecule has 32 heavy (non-hydrogen) atoms. The molecule has 1 aliphatic heterocycles. The van der Waals surface area contributed by atoms with Gasteiger partial charge in [-0.3, -0.25) is 4.79 Å². The molecule has 1 amide bonds. The van der Waals surface area contributed by atoms with Crippen molar-refractivity contribution in [3.8, 4) is 11.5 Å². The van der Waals surface area contributed by atoms with Crippen LogP contribution in [-0.2, 0) is 6.54 Å². The molecule has 2 heterocycles. The van der Waals surface area contributed by atoms with Gasteiger partial charge in [-0.25, -0.2) is 13.2 Å². The third kappa shape index (κ3) is 4.25. The van der Waals surface area contributed by atoms with Crippen LogP contribution < -0.4 is 9.47 Å². The van der Waals surface area contributed by atoms with Crippen molar-refractivity contribution in [1.29, 1.82) is 0 Å². The van der Waals surface area contributed by atoms with Crippen LogP contribution in [0.2, 0.25) is 0 Å². The maximum atomic E-state index is 14.5. The molecule has 0 spiro atoms. The Hall–Kier alpha value is -3.56. The fourth-order valence-electron chi connectivity index (χ4n) is 3.82. The number of rotatable bonds is 6. The average molecular weight is 446 g/mol. The van der Waals surface area contributed by atoms with Gasteiger partial charge in [0.05, 0.1) is 38.9 Å². The number of alkyl halides is 2. The van der Waals surface area contributed by atoms with Crippen LogP contribution in [0.4, 0.5) is 13.2 Å². The molecule has 0 N–H and O–H groups in total. The van der Waals surface area contributed by atoms with Crippen molar-refractivity contribution in [3.05, 3.63) is 71.6 Å². The maximum absolute atomic E-state index is 14.5. The molecular weight excluding hydrogens is 425 g/mol. The zero-order valence-corrected chi connectivity index (χ0v) is 17.5. The Kier molecular flexibility index (Phi) is 5.77. The summed E-state index contributed by atoms with van der Waals surface area (Å²) in [5, 5.41) is 7.90. The van der Waals surface area contributed by atoms with E-state index in [0.717, 1.165) is 10.5 Å². The number of carbonyl (C=O) groups excluding carboxylic acids is 1. The number of hydrogen-bond acceptors (Lipinski definition) is 5. The number of aromatic nitrogens is 3. The van der Waals surface area contributed by atoms with Gasteiger partial charge in [0, 0.05) is 12.5 Å². The lowest BCUT2D eigenvalue weighted by Gasteiger charge is -2.24. The number of likely N-dealkylation sites (tertiary alicyclic amines) is 1. The molecule has 1 saturated heterocycles. The number of benzene rings is 2. The second-order valence-electron chi connectivity index (χ2n) is 7.52. The fourth-order valence-corrected chi connectivity index (χ4v) is 3.82. The van der Waals surface area contributed by atoms with Gasteiger partial charge in [0.1, 0.15) is 23.6 Å². The normalized spacial score (nSPS) is 17.4. The number of methoxy groups -OCH3 is 2. The summed E-state index contributed by atoms with van der Waals surface area (Å²) in [5.74, 6) is -3.15. The van der Waals surface area contributed by atoms with Crippen molar-refractivity contribution in [2.45, 2.75) is 24.9 Å². The molecule has 168 valence electrons. The largest absolute Gasteiger partial charge is 0.497 e. The highest BCUT2D eigenvalue weighted by Gasteiger charge is 2.49. The monoisotopic (exact) mass is 446 g/mol. The first-order chi connectivity index (χ1) is 15.3. The van der Waals surface area contributed by atoms with Gasteiger partial charge in [0.2, 0.25) is 0 Å². The van der Waals surface area contributed by atoms with Crippen LogP contribution in [0.1, 0.15) is 34.2 Å². The molecule has 3 aromatic rings. The quantitative estimate of drug-likeness (QED) is 0.578. The van der Waals surface area contributed by atoms with Gasteiger partial charge < -0.3 is 18.9 Å². The molecule has 0 aliphatic carbocycles. The van der Waals surface area contributed by atoms with Gasteiger partial charge >= 0.3 is 0 Å². The van der Waals surface area contributed by atoms with E-state index in [4.69, 9.17) is 9.47 Å². The van der Waals surface area contributed by atoms with Crippen LogP contribution in [0.3, 0.4) is 0 Å². The number of halogens is 3. The predicted octanol–water partition coefficient (Wildman–Crippen LogP) is 3.71. The number of carbonyl (C=O) groups is 1. The van der Waals surface area contributed by atoms with E-state index in [9.17, 15) is 18.0 Å². The van der Waals surface area contributed by atoms with Gasteiger partial charge in [0.25, 0.3) is 11.8 Å². The molecular formula is C22H21F3N4O3. The highest BCUT2D eigenvalue weighted by atomic mass is 19.3. The van der Waals surface area contributed by atoms with E-state index in [1.54, 1.807) is 22.8 Å². The highest BCUT2D eigenvalue weighted by Crippen LogP contribution is 2.42. The Morgan fingerprint density at radius 2 is 1.91 bits per heavy atom. The Labute approximate surface area is 182 Å². The minimum atomic E-state index is -3.09. The van der Waals surface area contributed by atoms with Crippen molar-refractivity contribution < 1.29 is 27.4 Å². The summed E-state index contributed by atoms with van der Waals surface area (Å²) >= 11 is 0. The highest BCUT2D eigenvalue weighted by molar-refractivity contribution is 5.97. The number of nitrogens with zero attached hydrogens (tertiary/aromatic N) is 4. The van der Waals surface area contributed by atoms with Crippen LogP contribution >= 0.6 is 0 Å². The average Bonchev–Trinajstić information content (AvgIpc) is 3.37.